The first-order valence-electron chi connectivity index (χ1n) is 7.75. The van der Waals surface area contributed by atoms with Crippen LogP contribution in [0.15, 0.2) is 48.5 Å². The average molecular weight is 282 g/mol. The van der Waals surface area contributed by atoms with Crippen LogP contribution in [0.25, 0.3) is 0 Å². The zero-order valence-electron chi connectivity index (χ0n) is 13.6. The smallest absolute Gasteiger partial charge is 0.0399 e. The molecule has 0 spiro atoms. The topological polar surface area (TPSA) is 6.48 Å². The third-order valence-corrected chi connectivity index (χ3v) is 4.14. The van der Waals surface area contributed by atoms with Gasteiger partial charge >= 0.3 is 0 Å². The van der Waals surface area contributed by atoms with Gasteiger partial charge in [-0.05, 0) is 37.1 Å². The lowest BCUT2D eigenvalue weighted by Gasteiger charge is -2.23. The molecule has 0 saturated heterocycles. The van der Waals surface area contributed by atoms with E-state index in [0.29, 0.717) is 0 Å². The molecule has 2 aromatic carbocycles. The van der Waals surface area contributed by atoms with Gasteiger partial charge in [-0.2, -0.15) is 0 Å². The Morgan fingerprint density at radius 1 is 0.667 bits per heavy atom. The van der Waals surface area contributed by atoms with Crippen LogP contribution in [0.5, 0.6) is 0 Å². The van der Waals surface area contributed by atoms with Gasteiger partial charge < -0.3 is 9.80 Å². The zero-order chi connectivity index (χ0) is 15.2. The number of rotatable bonds is 6. The van der Waals surface area contributed by atoms with Crippen LogP contribution in [-0.2, 0) is 6.42 Å². The Hall–Kier alpha value is -1.96. The summed E-state index contributed by atoms with van der Waals surface area (Å²) in [5, 5.41) is 0. The minimum atomic E-state index is 0.973. The van der Waals surface area contributed by atoms with E-state index < -0.39 is 0 Å². The highest BCUT2D eigenvalue weighted by Gasteiger charge is 2.10. The summed E-state index contributed by atoms with van der Waals surface area (Å²) in [6, 6.07) is 17.4. The molecule has 2 heteroatoms. The molecule has 0 bridgehead atoms. The van der Waals surface area contributed by atoms with Crippen LogP contribution >= 0.6 is 0 Å². The summed E-state index contributed by atoms with van der Waals surface area (Å²) in [5.41, 5.74) is 5.43. The molecule has 0 N–H and O–H groups in total. The molecule has 0 aliphatic rings. The molecular formula is C19H26N2. The lowest BCUT2D eigenvalue weighted by atomic mass is 10.0. The highest BCUT2D eigenvalue weighted by atomic mass is 15.1. The van der Waals surface area contributed by atoms with E-state index in [0.717, 1.165) is 19.5 Å². The Balaban J connectivity index is 2.35. The second-order valence-electron chi connectivity index (χ2n) is 5.46. The lowest BCUT2D eigenvalue weighted by molar-refractivity contribution is 0.939. The molecule has 0 amide bonds. The van der Waals surface area contributed by atoms with Crippen LogP contribution < -0.4 is 9.80 Å². The monoisotopic (exact) mass is 282 g/mol. The summed E-state index contributed by atoms with van der Waals surface area (Å²) in [5.74, 6) is 0. The standard InChI is InChI=1S/C19H26N2/c1-5-20(3)18-13-9-7-11-16(18)15-17-12-8-10-14-19(17)21(4)6-2/h7-14H,5-6,15H2,1-4H3. The SMILES string of the molecule is CCN(C)c1ccccc1Cc1ccccc1N(C)CC. The van der Waals surface area contributed by atoms with Gasteiger partial charge in [0.1, 0.15) is 0 Å². The normalized spacial score (nSPS) is 10.5. The van der Waals surface area contributed by atoms with Gasteiger partial charge in [0, 0.05) is 45.0 Å². The van der Waals surface area contributed by atoms with E-state index in [4.69, 9.17) is 0 Å². The Morgan fingerprint density at radius 2 is 1.05 bits per heavy atom. The zero-order valence-corrected chi connectivity index (χ0v) is 13.6. The molecule has 112 valence electrons. The van der Waals surface area contributed by atoms with Gasteiger partial charge in [0.05, 0.1) is 0 Å². The predicted molar refractivity (Wildman–Crippen MR) is 93.6 cm³/mol. The predicted octanol–water partition coefficient (Wildman–Crippen LogP) is 4.19. The first kappa shape index (κ1) is 15.4. The van der Waals surface area contributed by atoms with Crippen molar-refractivity contribution in [3.05, 3.63) is 59.7 Å². The maximum absolute atomic E-state index is 2.31. The van der Waals surface area contributed by atoms with Crippen LogP contribution in [0.3, 0.4) is 0 Å². The Morgan fingerprint density at radius 3 is 1.43 bits per heavy atom. The van der Waals surface area contributed by atoms with Gasteiger partial charge in [0.15, 0.2) is 0 Å². The van der Waals surface area contributed by atoms with Crippen molar-refractivity contribution in [1.82, 2.24) is 0 Å². The van der Waals surface area contributed by atoms with Crippen LogP contribution in [0, 0.1) is 0 Å². The van der Waals surface area contributed by atoms with E-state index in [1.54, 1.807) is 0 Å². The van der Waals surface area contributed by atoms with Crippen molar-refractivity contribution >= 4 is 11.4 Å². The van der Waals surface area contributed by atoms with Crippen molar-refractivity contribution in [3.8, 4) is 0 Å². The van der Waals surface area contributed by atoms with Crippen LogP contribution in [0.4, 0.5) is 11.4 Å². The second kappa shape index (κ2) is 7.16. The summed E-state index contributed by atoms with van der Waals surface area (Å²) in [6.45, 7) is 6.42. The van der Waals surface area contributed by atoms with Gasteiger partial charge in [0.25, 0.3) is 0 Å². The van der Waals surface area contributed by atoms with Crippen LogP contribution in [0.1, 0.15) is 25.0 Å². The molecule has 0 radical (unpaired) electrons. The highest BCUT2D eigenvalue weighted by molar-refractivity contribution is 5.59. The summed E-state index contributed by atoms with van der Waals surface area (Å²) < 4.78 is 0. The Labute approximate surface area is 129 Å². The fourth-order valence-electron chi connectivity index (χ4n) is 2.61. The second-order valence-corrected chi connectivity index (χ2v) is 5.46. The van der Waals surface area contributed by atoms with E-state index in [9.17, 15) is 0 Å². The summed E-state index contributed by atoms with van der Waals surface area (Å²) in [4.78, 5) is 4.61. The fourth-order valence-corrected chi connectivity index (χ4v) is 2.61. The molecule has 0 fully saturated rings. The molecule has 0 heterocycles. The molecule has 21 heavy (non-hydrogen) atoms. The highest BCUT2D eigenvalue weighted by Crippen LogP contribution is 2.27. The van der Waals surface area contributed by atoms with E-state index in [-0.39, 0.29) is 0 Å². The molecular weight excluding hydrogens is 256 g/mol. The molecule has 2 rings (SSSR count). The quantitative estimate of drug-likeness (QED) is 0.784. The number of benzene rings is 2. The third kappa shape index (κ3) is 3.57. The van der Waals surface area contributed by atoms with E-state index in [1.807, 2.05) is 0 Å². The molecule has 0 saturated carbocycles. The van der Waals surface area contributed by atoms with E-state index in [2.05, 4.69) is 86.3 Å². The molecule has 0 aromatic heterocycles. The molecule has 0 unspecified atom stereocenters. The summed E-state index contributed by atoms with van der Waals surface area (Å²) in [7, 11) is 4.31. The molecule has 0 atom stereocenters. The van der Waals surface area contributed by atoms with Gasteiger partial charge in [0.2, 0.25) is 0 Å². The Bertz CT molecular complexity index is 526. The molecule has 2 aromatic rings. The van der Waals surface area contributed by atoms with Gasteiger partial charge in [-0.1, -0.05) is 36.4 Å². The van der Waals surface area contributed by atoms with Crippen LogP contribution in [0.2, 0.25) is 0 Å². The van der Waals surface area contributed by atoms with E-state index in [1.165, 1.54) is 22.5 Å². The van der Waals surface area contributed by atoms with Crippen molar-refractivity contribution in [3.63, 3.8) is 0 Å². The van der Waals surface area contributed by atoms with Gasteiger partial charge in [-0.25, -0.2) is 0 Å². The van der Waals surface area contributed by atoms with Crippen molar-refractivity contribution < 1.29 is 0 Å². The minimum Gasteiger partial charge on any atom is -0.375 e. The van der Waals surface area contributed by atoms with E-state index >= 15 is 0 Å². The molecule has 2 nitrogen and oxygen atoms in total. The number of hydrogen-bond acceptors (Lipinski definition) is 2. The van der Waals surface area contributed by atoms with Crippen LogP contribution in [-0.4, -0.2) is 27.2 Å². The van der Waals surface area contributed by atoms with Crippen molar-refractivity contribution in [1.29, 1.82) is 0 Å². The number of hydrogen-bond donors (Lipinski definition) is 0. The molecule has 0 aliphatic heterocycles. The molecule has 0 aliphatic carbocycles. The van der Waals surface area contributed by atoms with Gasteiger partial charge in [-0.15, -0.1) is 0 Å². The van der Waals surface area contributed by atoms with Gasteiger partial charge in [-0.3, -0.25) is 0 Å². The number of para-hydroxylation sites is 2. The first-order chi connectivity index (χ1) is 10.2. The first-order valence-corrected chi connectivity index (χ1v) is 7.75. The maximum atomic E-state index is 2.31. The summed E-state index contributed by atoms with van der Waals surface area (Å²) in [6.07, 6.45) is 0.973. The third-order valence-electron chi connectivity index (χ3n) is 4.14. The average Bonchev–Trinajstić information content (AvgIpc) is 2.54. The fraction of sp³-hybridized carbons (Fsp3) is 0.368. The van der Waals surface area contributed by atoms with Crippen molar-refractivity contribution in [2.75, 3.05) is 37.0 Å². The Kier molecular flexibility index (Phi) is 5.26. The minimum absolute atomic E-state index is 0.973. The summed E-state index contributed by atoms with van der Waals surface area (Å²) >= 11 is 0. The van der Waals surface area contributed by atoms with Crippen molar-refractivity contribution in [2.24, 2.45) is 0 Å². The number of anilines is 2. The maximum Gasteiger partial charge on any atom is 0.0399 e. The number of nitrogens with zero attached hydrogens (tertiary/aromatic N) is 2. The van der Waals surface area contributed by atoms with Crippen molar-refractivity contribution in [2.45, 2.75) is 20.3 Å². The lowest BCUT2D eigenvalue weighted by Crippen LogP contribution is -2.19. The largest absolute Gasteiger partial charge is 0.375 e.